The number of nitrogens with zero attached hydrogens (tertiary/aromatic N) is 3. The minimum atomic E-state index is 0.0433. The zero-order valence-corrected chi connectivity index (χ0v) is 16.2. The average Bonchev–Trinajstić information content (AvgIpc) is 3.51. The number of aromatic nitrogens is 1. The van der Waals surface area contributed by atoms with E-state index in [1.165, 1.54) is 25.9 Å². The first-order valence-corrected chi connectivity index (χ1v) is 10.4. The number of carbonyl (C=O) groups excluding carboxylic acids is 1. The van der Waals surface area contributed by atoms with Gasteiger partial charge in [-0.15, -0.1) is 0 Å². The minimum absolute atomic E-state index is 0.0433. The van der Waals surface area contributed by atoms with Gasteiger partial charge in [-0.05, 0) is 56.1 Å². The molecule has 0 unspecified atom stereocenters. The monoisotopic (exact) mass is 356 g/mol. The Bertz CT molecular complexity index is 639. The summed E-state index contributed by atoms with van der Waals surface area (Å²) in [5.74, 6) is 2.54. The van der Waals surface area contributed by atoms with E-state index in [-0.39, 0.29) is 5.91 Å². The molecule has 2 heterocycles. The van der Waals surface area contributed by atoms with E-state index < -0.39 is 0 Å². The largest absolute Gasteiger partial charge is 0.355 e. The summed E-state index contributed by atoms with van der Waals surface area (Å²) in [7, 11) is 0. The highest BCUT2D eigenvalue weighted by molar-refractivity contribution is 5.95. The fourth-order valence-electron chi connectivity index (χ4n) is 3.99. The molecule has 1 aromatic rings. The molecule has 1 amide bonds. The quantitative estimate of drug-likeness (QED) is 0.851. The lowest BCUT2D eigenvalue weighted by molar-refractivity contribution is 0.0951. The molecule has 2 aliphatic carbocycles. The lowest BCUT2D eigenvalue weighted by Gasteiger charge is -2.35. The summed E-state index contributed by atoms with van der Waals surface area (Å²) in [6.45, 7) is 9.13. The van der Waals surface area contributed by atoms with Gasteiger partial charge in [0.25, 0.3) is 5.91 Å². The summed E-state index contributed by atoms with van der Waals surface area (Å²) in [5, 5.41) is 3.08. The highest BCUT2D eigenvalue weighted by atomic mass is 16.1. The van der Waals surface area contributed by atoms with Crippen LogP contribution in [0.4, 0.5) is 5.82 Å². The Morgan fingerprint density at radius 3 is 2.77 bits per heavy atom. The van der Waals surface area contributed by atoms with Crippen LogP contribution in [0, 0.1) is 11.8 Å². The van der Waals surface area contributed by atoms with E-state index in [0.29, 0.717) is 18.0 Å². The number of pyridine rings is 1. The molecule has 142 valence electrons. The molecule has 5 nitrogen and oxygen atoms in total. The lowest BCUT2D eigenvalue weighted by atomic mass is 10.0. The number of nitrogens with one attached hydrogen (secondary N) is 1. The molecule has 26 heavy (non-hydrogen) atoms. The van der Waals surface area contributed by atoms with Crippen LogP contribution in [0.1, 0.15) is 56.3 Å². The van der Waals surface area contributed by atoms with Crippen molar-refractivity contribution in [2.75, 3.05) is 31.1 Å². The first kappa shape index (κ1) is 17.8. The van der Waals surface area contributed by atoms with E-state index in [1.807, 2.05) is 12.1 Å². The van der Waals surface area contributed by atoms with Gasteiger partial charge in [-0.3, -0.25) is 9.69 Å². The van der Waals surface area contributed by atoms with E-state index in [9.17, 15) is 4.79 Å². The molecule has 1 aromatic heterocycles. The molecule has 0 radical (unpaired) electrons. The van der Waals surface area contributed by atoms with Gasteiger partial charge in [0.1, 0.15) is 5.82 Å². The van der Waals surface area contributed by atoms with E-state index in [2.05, 4.69) is 33.9 Å². The molecule has 1 aliphatic heterocycles. The number of hydrogen-bond acceptors (Lipinski definition) is 4. The predicted molar refractivity (Wildman–Crippen MR) is 104 cm³/mol. The summed E-state index contributed by atoms with van der Waals surface area (Å²) in [4.78, 5) is 22.1. The van der Waals surface area contributed by atoms with Gasteiger partial charge in [0, 0.05) is 50.0 Å². The minimum Gasteiger partial charge on any atom is -0.355 e. The summed E-state index contributed by atoms with van der Waals surface area (Å²) >= 11 is 0. The van der Waals surface area contributed by atoms with Crippen molar-refractivity contribution >= 4 is 11.7 Å². The van der Waals surface area contributed by atoms with Gasteiger partial charge in [0.2, 0.25) is 0 Å². The first-order chi connectivity index (χ1) is 12.6. The van der Waals surface area contributed by atoms with Crippen molar-refractivity contribution in [2.24, 2.45) is 11.8 Å². The van der Waals surface area contributed by atoms with Gasteiger partial charge in [-0.2, -0.15) is 0 Å². The Labute approximate surface area is 157 Å². The number of amides is 1. The van der Waals surface area contributed by atoms with Crippen LogP contribution in [0.3, 0.4) is 0 Å². The third-order valence-electron chi connectivity index (χ3n) is 5.95. The molecule has 0 spiro atoms. The van der Waals surface area contributed by atoms with Crippen LogP contribution in [-0.2, 0) is 0 Å². The molecule has 1 atom stereocenters. The Kier molecular flexibility index (Phi) is 5.16. The second kappa shape index (κ2) is 7.55. The van der Waals surface area contributed by atoms with Crippen molar-refractivity contribution in [1.29, 1.82) is 0 Å². The average molecular weight is 357 g/mol. The summed E-state index contributed by atoms with van der Waals surface area (Å²) < 4.78 is 0. The smallest absolute Gasteiger partial charge is 0.251 e. The van der Waals surface area contributed by atoms with Crippen LogP contribution in [0.5, 0.6) is 0 Å². The van der Waals surface area contributed by atoms with Gasteiger partial charge in [-0.25, -0.2) is 4.98 Å². The molecule has 1 N–H and O–H groups in total. The zero-order valence-electron chi connectivity index (χ0n) is 16.2. The molecular formula is C21H32N4O. The van der Waals surface area contributed by atoms with Crippen LogP contribution in [0.15, 0.2) is 18.3 Å². The van der Waals surface area contributed by atoms with Gasteiger partial charge in [0.05, 0.1) is 0 Å². The fourth-order valence-corrected chi connectivity index (χ4v) is 3.99. The molecule has 3 fully saturated rings. The molecule has 4 rings (SSSR count). The Morgan fingerprint density at radius 2 is 2.08 bits per heavy atom. The number of anilines is 1. The van der Waals surface area contributed by atoms with E-state index in [0.717, 1.165) is 49.7 Å². The van der Waals surface area contributed by atoms with E-state index >= 15 is 0 Å². The van der Waals surface area contributed by atoms with Crippen molar-refractivity contribution in [3.05, 3.63) is 23.9 Å². The van der Waals surface area contributed by atoms with Crippen molar-refractivity contribution < 1.29 is 4.79 Å². The maximum Gasteiger partial charge on any atom is 0.251 e. The molecule has 3 aliphatic rings. The maximum atomic E-state index is 12.4. The molecule has 1 saturated heterocycles. The number of carbonyl (C=O) groups is 1. The van der Waals surface area contributed by atoms with Crippen molar-refractivity contribution in [1.82, 2.24) is 15.2 Å². The number of rotatable bonds is 6. The third-order valence-corrected chi connectivity index (χ3v) is 5.95. The Morgan fingerprint density at radius 1 is 1.27 bits per heavy atom. The van der Waals surface area contributed by atoms with Crippen molar-refractivity contribution in [3.8, 4) is 0 Å². The highest BCUT2D eigenvalue weighted by Crippen LogP contribution is 2.32. The molecule has 2 saturated carbocycles. The van der Waals surface area contributed by atoms with Crippen molar-refractivity contribution in [3.63, 3.8) is 0 Å². The highest BCUT2D eigenvalue weighted by Gasteiger charge is 2.32. The second-order valence-corrected chi connectivity index (χ2v) is 8.70. The van der Waals surface area contributed by atoms with Crippen molar-refractivity contribution in [2.45, 2.75) is 58.0 Å². The molecule has 0 bridgehead atoms. The number of hydrogen-bond donors (Lipinski definition) is 1. The summed E-state index contributed by atoms with van der Waals surface area (Å²) in [6, 6.07) is 4.76. The topological polar surface area (TPSA) is 48.5 Å². The predicted octanol–water partition coefficient (Wildman–Crippen LogP) is 2.92. The SMILES string of the molecule is CC(C)[C@H]1CN(c2cc(C(=O)NC3CC3)ccn2)CCCN1CC1CC1. The van der Waals surface area contributed by atoms with Gasteiger partial charge in [0.15, 0.2) is 0 Å². The normalized spacial score (nSPS) is 24.6. The third kappa shape index (κ3) is 4.37. The molecular weight excluding hydrogens is 324 g/mol. The summed E-state index contributed by atoms with van der Waals surface area (Å²) in [5.41, 5.74) is 0.738. The standard InChI is InChI=1S/C21H32N4O/c1-15(2)19-14-25(11-3-10-24(19)13-16-4-5-16)20-12-17(8-9-22-20)21(26)23-18-6-7-18/h8-9,12,15-16,18-19H,3-7,10-11,13-14H2,1-2H3,(H,23,26)/t19-/m1/s1. The Balaban J connectivity index is 1.48. The van der Waals surface area contributed by atoms with Crippen LogP contribution in [-0.4, -0.2) is 54.1 Å². The van der Waals surface area contributed by atoms with E-state index in [1.54, 1.807) is 6.20 Å². The molecule has 0 aromatic carbocycles. The van der Waals surface area contributed by atoms with Crippen LogP contribution < -0.4 is 10.2 Å². The molecule has 5 heteroatoms. The Hall–Kier alpha value is -1.62. The van der Waals surface area contributed by atoms with Gasteiger partial charge < -0.3 is 10.2 Å². The second-order valence-electron chi connectivity index (χ2n) is 8.70. The fraction of sp³-hybridized carbons (Fsp3) is 0.714. The zero-order chi connectivity index (χ0) is 18.1. The van der Waals surface area contributed by atoms with Gasteiger partial charge in [-0.1, -0.05) is 13.8 Å². The van der Waals surface area contributed by atoms with Gasteiger partial charge >= 0.3 is 0 Å². The van der Waals surface area contributed by atoms with Crippen LogP contribution in [0.25, 0.3) is 0 Å². The maximum absolute atomic E-state index is 12.4. The first-order valence-electron chi connectivity index (χ1n) is 10.4. The van der Waals surface area contributed by atoms with Crippen LogP contribution in [0.2, 0.25) is 0 Å². The van der Waals surface area contributed by atoms with E-state index in [4.69, 9.17) is 0 Å². The lowest BCUT2D eigenvalue weighted by Crippen LogP contribution is -2.45. The van der Waals surface area contributed by atoms with Crippen LogP contribution >= 0.6 is 0 Å². The summed E-state index contributed by atoms with van der Waals surface area (Å²) in [6.07, 6.45) is 7.99.